The molecule has 0 aromatic heterocycles. The van der Waals surface area contributed by atoms with Gasteiger partial charge >= 0.3 is 0 Å². The summed E-state index contributed by atoms with van der Waals surface area (Å²) in [5.41, 5.74) is 1.96. The van der Waals surface area contributed by atoms with E-state index in [0.29, 0.717) is 10.9 Å². The number of rotatable bonds is 6. The lowest BCUT2D eigenvalue weighted by Crippen LogP contribution is -2.27. The third-order valence-electron chi connectivity index (χ3n) is 3.55. The summed E-state index contributed by atoms with van der Waals surface area (Å²) < 4.78 is 0. The average Bonchev–Trinajstić information content (AvgIpc) is 2.54. The van der Waals surface area contributed by atoms with Gasteiger partial charge in [0.05, 0.1) is 6.04 Å². The van der Waals surface area contributed by atoms with Crippen LogP contribution in [0.3, 0.4) is 0 Å². The molecule has 0 radical (unpaired) electrons. The zero-order valence-corrected chi connectivity index (χ0v) is 14.3. The van der Waals surface area contributed by atoms with Crippen LogP contribution in [0.5, 0.6) is 0 Å². The molecule has 0 aliphatic rings. The number of halogens is 1. The minimum atomic E-state index is -0.112. The van der Waals surface area contributed by atoms with Crippen LogP contribution in [0.1, 0.15) is 37.4 Å². The number of hydrogen-bond acceptors (Lipinski definition) is 1. The predicted octanol–water partition coefficient (Wildman–Crippen LogP) is 5.26. The molecule has 0 spiro atoms. The van der Waals surface area contributed by atoms with E-state index >= 15 is 0 Å². The van der Waals surface area contributed by atoms with E-state index in [4.69, 9.17) is 11.6 Å². The highest BCUT2D eigenvalue weighted by atomic mass is 35.5. The normalized spacial score (nSPS) is 12.5. The molecule has 2 rings (SSSR count). The van der Waals surface area contributed by atoms with Gasteiger partial charge in [0.2, 0.25) is 5.91 Å². The van der Waals surface area contributed by atoms with E-state index in [-0.39, 0.29) is 11.9 Å². The van der Waals surface area contributed by atoms with Crippen LogP contribution >= 0.6 is 11.6 Å². The summed E-state index contributed by atoms with van der Waals surface area (Å²) in [5.74, 6) is 0.382. The molecule has 120 valence electrons. The van der Waals surface area contributed by atoms with Gasteiger partial charge in [0.1, 0.15) is 0 Å². The first kappa shape index (κ1) is 17.3. The fourth-order valence-electron chi connectivity index (χ4n) is 2.43. The Morgan fingerprint density at radius 2 is 1.74 bits per heavy atom. The fraction of sp³-hybridized carbons (Fsp3) is 0.250. The van der Waals surface area contributed by atoms with E-state index in [9.17, 15) is 4.79 Å². The van der Waals surface area contributed by atoms with Gasteiger partial charge in [0.25, 0.3) is 0 Å². The average molecular weight is 328 g/mol. The molecule has 23 heavy (non-hydrogen) atoms. The van der Waals surface area contributed by atoms with Gasteiger partial charge in [-0.2, -0.15) is 0 Å². The number of carbonyl (C=O) groups is 1. The van der Waals surface area contributed by atoms with Crippen molar-refractivity contribution in [2.75, 3.05) is 0 Å². The van der Waals surface area contributed by atoms with Crippen LogP contribution in [0, 0.1) is 5.92 Å². The van der Waals surface area contributed by atoms with Crippen LogP contribution in [0.25, 0.3) is 6.08 Å². The molecule has 0 aliphatic heterocycles. The van der Waals surface area contributed by atoms with Crippen LogP contribution in [-0.2, 0) is 4.79 Å². The smallest absolute Gasteiger partial charge is 0.244 e. The number of amides is 1. The maximum atomic E-state index is 12.3. The van der Waals surface area contributed by atoms with E-state index in [2.05, 4.69) is 19.2 Å². The predicted molar refractivity (Wildman–Crippen MR) is 97.3 cm³/mol. The van der Waals surface area contributed by atoms with Crippen LogP contribution in [0.2, 0.25) is 5.02 Å². The maximum Gasteiger partial charge on any atom is 0.244 e. The number of carbonyl (C=O) groups excluding carboxylic acids is 1. The topological polar surface area (TPSA) is 29.1 Å². The highest BCUT2D eigenvalue weighted by Gasteiger charge is 2.14. The maximum absolute atomic E-state index is 12.3. The van der Waals surface area contributed by atoms with Crippen LogP contribution in [-0.4, -0.2) is 5.91 Å². The molecule has 0 fully saturated rings. The highest BCUT2D eigenvalue weighted by Crippen LogP contribution is 2.21. The Bertz CT molecular complexity index is 664. The molecular weight excluding hydrogens is 306 g/mol. The summed E-state index contributed by atoms with van der Waals surface area (Å²) in [4.78, 5) is 12.3. The van der Waals surface area contributed by atoms with Crippen LogP contribution < -0.4 is 5.32 Å². The molecule has 0 saturated heterocycles. The second kappa shape index (κ2) is 8.54. The third kappa shape index (κ3) is 5.57. The summed E-state index contributed by atoms with van der Waals surface area (Å²) in [6, 6.07) is 17.5. The minimum absolute atomic E-state index is 0.0135. The van der Waals surface area contributed by atoms with E-state index < -0.39 is 0 Å². The Kier molecular flexibility index (Phi) is 6.42. The van der Waals surface area contributed by atoms with Crippen molar-refractivity contribution in [2.45, 2.75) is 26.3 Å². The van der Waals surface area contributed by atoms with E-state index in [1.54, 1.807) is 6.08 Å². The van der Waals surface area contributed by atoms with Gasteiger partial charge in [0, 0.05) is 11.1 Å². The molecule has 0 heterocycles. The van der Waals surface area contributed by atoms with Crippen molar-refractivity contribution in [2.24, 2.45) is 5.92 Å². The molecule has 2 nitrogen and oxygen atoms in total. The van der Waals surface area contributed by atoms with E-state index in [0.717, 1.165) is 17.5 Å². The second-order valence-corrected chi connectivity index (χ2v) is 6.36. The molecule has 0 unspecified atom stereocenters. The molecule has 0 saturated carbocycles. The Labute approximate surface area is 143 Å². The van der Waals surface area contributed by atoms with Crippen molar-refractivity contribution in [1.82, 2.24) is 5.32 Å². The van der Waals surface area contributed by atoms with Crippen molar-refractivity contribution in [1.29, 1.82) is 0 Å². The zero-order valence-electron chi connectivity index (χ0n) is 13.5. The SMILES string of the molecule is CC(C)C[C@@H](NC(=O)/C=C/c1ccccc1Cl)c1ccccc1. The lowest BCUT2D eigenvalue weighted by Gasteiger charge is -2.20. The lowest BCUT2D eigenvalue weighted by atomic mass is 9.97. The largest absolute Gasteiger partial charge is 0.346 e. The summed E-state index contributed by atoms with van der Waals surface area (Å²) in [5, 5.41) is 3.72. The Hall–Kier alpha value is -2.06. The van der Waals surface area contributed by atoms with Crippen molar-refractivity contribution in [3.8, 4) is 0 Å². The number of benzene rings is 2. The van der Waals surface area contributed by atoms with Crippen molar-refractivity contribution >= 4 is 23.6 Å². The third-order valence-corrected chi connectivity index (χ3v) is 3.89. The van der Waals surface area contributed by atoms with Gasteiger partial charge in [0.15, 0.2) is 0 Å². The molecule has 1 amide bonds. The van der Waals surface area contributed by atoms with Gasteiger partial charge in [-0.25, -0.2) is 0 Å². The molecular formula is C20H22ClNO. The van der Waals surface area contributed by atoms with Crippen molar-refractivity contribution in [3.05, 3.63) is 76.8 Å². The summed E-state index contributed by atoms with van der Waals surface area (Å²) >= 11 is 6.10. The first-order chi connectivity index (χ1) is 11.1. The van der Waals surface area contributed by atoms with Crippen molar-refractivity contribution in [3.63, 3.8) is 0 Å². The quantitative estimate of drug-likeness (QED) is 0.721. The van der Waals surface area contributed by atoms with Gasteiger partial charge in [-0.1, -0.05) is 74.0 Å². The molecule has 2 aromatic rings. The van der Waals surface area contributed by atoms with Crippen LogP contribution in [0.4, 0.5) is 0 Å². The summed E-state index contributed by atoms with van der Waals surface area (Å²) in [6.45, 7) is 4.31. The molecule has 1 N–H and O–H groups in total. The van der Waals surface area contributed by atoms with E-state index in [1.807, 2.05) is 54.6 Å². The molecule has 2 aromatic carbocycles. The van der Waals surface area contributed by atoms with Gasteiger partial charge in [-0.3, -0.25) is 4.79 Å². The van der Waals surface area contributed by atoms with Gasteiger partial charge < -0.3 is 5.32 Å². The minimum Gasteiger partial charge on any atom is -0.346 e. The molecule has 0 aliphatic carbocycles. The summed E-state index contributed by atoms with van der Waals surface area (Å²) in [7, 11) is 0. The highest BCUT2D eigenvalue weighted by molar-refractivity contribution is 6.32. The van der Waals surface area contributed by atoms with E-state index in [1.165, 1.54) is 6.08 Å². The van der Waals surface area contributed by atoms with Gasteiger partial charge in [-0.15, -0.1) is 0 Å². The molecule has 1 atom stereocenters. The molecule has 0 bridgehead atoms. The Morgan fingerprint density at radius 1 is 1.09 bits per heavy atom. The Balaban J connectivity index is 2.07. The van der Waals surface area contributed by atoms with Gasteiger partial charge in [-0.05, 0) is 35.6 Å². The fourth-order valence-corrected chi connectivity index (χ4v) is 2.63. The zero-order chi connectivity index (χ0) is 16.7. The van der Waals surface area contributed by atoms with Crippen LogP contribution in [0.15, 0.2) is 60.7 Å². The first-order valence-electron chi connectivity index (χ1n) is 7.84. The Morgan fingerprint density at radius 3 is 2.39 bits per heavy atom. The molecule has 3 heteroatoms. The first-order valence-corrected chi connectivity index (χ1v) is 8.22. The second-order valence-electron chi connectivity index (χ2n) is 5.96. The standard InChI is InChI=1S/C20H22ClNO/c1-15(2)14-19(17-9-4-3-5-10-17)22-20(23)13-12-16-8-6-7-11-18(16)21/h3-13,15,19H,14H2,1-2H3,(H,22,23)/b13-12+/t19-/m1/s1. The summed E-state index contributed by atoms with van der Waals surface area (Å²) in [6.07, 6.45) is 4.18. The number of nitrogens with one attached hydrogen (secondary N) is 1. The van der Waals surface area contributed by atoms with Crippen molar-refractivity contribution < 1.29 is 4.79 Å². The number of hydrogen-bond donors (Lipinski definition) is 1. The lowest BCUT2D eigenvalue weighted by molar-refractivity contribution is -0.117. The monoisotopic (exact) mass is 327 g/mol.